The van der Waals surface area contributed by atoms with Gasteiger partial charge in [0.2, 0.25) is 5.89 Å². The summed E-state index contributed by atoms with van der Waals surface area (Å²) in [5, 5.41) is 4.08. The highest BCUT2D eigenvalue weighted by Gasteiger charge is 2.29. The van der Waals surface area contributed by atoms with Gasteiger partial charge in [-0.05, 0) is 43.4 Å². The highest BCUT2D eigenvalue weighted by molar-refractivity contribution is 5.85. The van der Waals surface area contributed by atoms with Crippen LogP contribution in [0, 0.1) is 0 Å². The summed E-state index contributed by atoms with van der Waals surface area (Å²) in [6.07, 6.45) is 4.56. The molecule has 1 aliphatic carbocycles. The first-order valence-electron chi connectivity index (χ1n) is 7.26. The lowest BCUT2D eigenvalue weighted by molar-refractivity contribution is 0.370. The van der Waals surface area contributed by atoms with Gasteiger partial charge < -0.3 is 15.2 Å². The van der Waals surface area contributed by atoms with Gasteiger partial charge in [0.05, 0.1) is 6.54 Å². The number of anilines is 2. The van der Waals surface area contributed by atoms with Crippen molar-refractivity contribution in [3.8, 4) is 0 Å². The number of benzene rings is 1. The third-order valence-corrected chi connectivity index (χ3v) is 4.14. The molecule has 0 radical (unpaired) electrons. The molecule has 2 aliphatic rings. The summed E-state index contributed by atoms with van der Waals surface area (Å²) in [6, 6.07) is 6.11. The normalized spacial score (nSPS) is 17.2. The second-order valence-electron chi connectivity index (χ2n) is 5.69. The molecule has 0 atom stereocenters. The lowest BCUT2D eigenvalue weighted by atomic mass is 10.00. The summed E-state index contributed by atoms with van der Waals surface area (Å²) < 4.78 is 5.38. The molecule has 1 fully saturated rings. The van der Waals surface area contributed by atoms with Crippen molar-refractivity contribution in [2.45, 2.75) is 38.1 Å². The number of rotatable bonds is 3. The van der Waals surface area contributed by atoms with E-state index in [1.165, 1.54) is 24.1 Å². The minimum Gasteiger partial charge on any atom is -0.398 e. The number of fused-ring (bicyclic) bond motifs is 1. The molecule has 0 saturated heterocycles. The molecule has 1 aromatic heterocycles. The molecule has 2 N–H and O–H groups in total. The van der Waals surface area contributed by atoms with E-state index in [0.717, 1.165) is 30.9 Å². The highest BCUT2D eigenvalue weighted by Crippen LogP contribution is 2.38. The number of nitrogen functional groups attached to an aromatic ring is 1. The first-order chi connectivity index (χ1) is 9.81. The summed E-state index contributed by atoms with van der Waals surface area (Å²) in [5.74, 6) is 2.13. The molecule has 5 nitrogen and oxygen atoms in total. The van der Waals surface area contributed by atoms with Crippen LogP contribution in [0.4, 0.5) is 11.4 Å². The number of hydrogen-bond acceptors (Lipinski definition) is 5. The molecule has 1 saturated carbocycles. The Bertz CT molecular complexity index is 638. The Morgan fingerprint density at radius 2 is 2.19 bits per heavy atom. The average Bonchev–Trinajstić information content (AvgIpc) is 3.21. The smallest absolute Gasteiger partial charge is 0.246 e. The largest absolute Gasteiger partial charge is 0.398 e. The van der Waals surface area contributed by atoms with Crippen molar-refractivity contribution in [2.75, 3.05) is 17.2 Å². The van der Waals surface area contributed by atoms with Gasteiger partial charge in [0, 0.05) is 23.8 Å². The molecule has 2 heterocycles. The van der Waals surface area contributed by atoms with E-state index >= 15 is 0 Å². The molecule has 1 aromatic carbocycles. The molecule has 0 unspecified atom stereocenters. The maximum Gasteiger partial charge on any atom is 0.246 e. The molecule has 4 rings (SSSR count). The first-order valence-corrected chi connectivity index (χ1v) is 7.26. The zero-order valence-corrected chi connectivity index (χ0v) is 12.6. The molecule has 21 heavy (non-hydrogen) atoms. The highest BCUT2D eigenvalue weighted by atomic mass is 35.5. The van der Waals surface area contributed by atoms with Crippen LogP contribution in [0.1, 0.15) is 42.5 Å². The zero-order valence-electron chi connectivity index (χ0n) is 11.8. The van der Waals surface area contributed by atoms with Gasteiger partial charge in [-0.15, -0.1) is 12.4 Å². The number of halogens is 1. The molecule has 1 aliphatic heterocycles. The second-order valence-corrected chi connectivity index (χ2v) is 5.69. The van der Waals surface area contributed by atoms with Gasteiger partial charge in [-0.1, -0.05) is 11.2 Å². The van der Waals surface area contributed by atoms with Crippen molar-refractivity contribution in [2.24, 2.45) is 0 Å². The monoisotopic (exact) mass is 306 g/mol. The minimum absolute atomic E-state index is 0. The van der Waals surface area contributed by atoms with Gasteiger partial charge in [-0.25, -0.2) is 0 Å². The molecule has 2 aromatic rings. The predicted octanol–water partition coefficient (Wildman–Crippen LogP) is 2.90. The van der Waals surface area contributed by atoms with Gasteiger partial charge in [-0.3, -0.25) is 0 Å². The van der Waals surface area contributed by atoms with E-state index in [2.05, 4.69) is 21.1 Å². The molecular formula is C15H19ClN4O. The van der Waals surface area contributed by atoms with Crippen molar-refractivity contribution in [1.82, 2.24) is 10.1 Å². The van der Waals surface area contributed by atoms with E-state index < -0.39 is 0 Å². The van der Waals surface area contributed by atoms with Gasteiger partial charge in [0.1, 0.15) is 0 Å². The van der Waals surface area contributed by atoms with E-state index in [0.29, 0.717) is 18.4 Å². The van der Waals surface area contributed by atoms with Crippen LogP contribution in [-0.2, 0) is 13.0 Å². The Kier molecular flexibility index (Phi) is 3.76. The number of nitrogens with zero attached hydrogens (tertiary/aromatic N) is 3. The second kappa shape index (κ2) is 5.56. The van der Waals surface area contributed by atoms with E-state index in [1.807, 2.05) is 12.1 Å². The van der Waals surface area contributed by atoms with Crippen LogP contribution in [0.15, 0.2) is 22.7 Å². The van der Waals surface area contributed by atoms with Crippen LogP contribution in [0.2, 0.25) is 0 Å². The van der Waals surface area contributed by atoms with Crippen LogP contribution in [0.25, 0.3) is 0 Å². The third-order valence-electron chi connectivity index (χ3n) is 4.14. The van der Waals surface area contributed by atoms with Crippen LogP contribution in [0.5, 0.6) is 0 Å². The van der Waals surface area contributed by atoms with Crippen LogP contribution >= 0.6 is 12.4 Å². The van der Waals surface area contributed by atoms with Gasteiger partial charge in [0.25, 0.3) is 0 Å². The lowest BCUT2D eigenvalue weighted by Gasteiger charge is -2.30. The summed E-state index contributed by atoms with van der Waals surface area (Å²) >= 11 is 0. The molecule has 0 bridgehead atoms. The maximum absolute atomic E-state index is 6.07. The molecular weight excluding hydrogens is 288 g/mol. The quantitative estimate of drug-likeness (QED) is 0.883. The minimum atomic E-state index is 0. The van der Waals surface area contributed by atoms with Gasteiger partial charge in [0.15, 0.2) is 5.82 Å². The molecule has 6 heteroatoms. The van der Waals surface area contributed by atoms with Crippen molar-refractivity contribution in [1.29, 1.82) is 0 Å². The summed E-state index contributed by atoms with van der Waals surface area (Å²) in [7, 11) is 0. The van der Waals surface area contributed by atoms with Gasteiger partial charge in [-0.2, -0.15) is 4.98 Å². The van der Waals surface area contributed by atoms with Crippen LogP contribution < -0.4 is 10.6 Å². The fourth-order valence-electron chi connectivity index (χ4n) is 2.89. The van der Waals surface area contributed by atoms with Crippen molar-refractivity contribution in [3.05, 3.63) is 35.5 Å². The van der Waals surface area contributed by atoms with E-state index in [4.69, 9.17) is 10.3 Å². The topological polar surface area (TPSA) is 68.2 Å². The Hall–Kier alpha value is -1.75. The standard InChI is InChI=1S/C15H18N4O.ClH/c16-12-4-1-5-13-11(12)3-2-8-19(13)9-14-17-15(18-20-14)10-6-7-10;/h1,4-5,10H,2-3,6-9,16H2;1H. The fraction of sp³-hybridized carbons (Fsp3) is 0.467. The molecule has 0 amide bonds. The Morgan fingerprint density at radius 3 is 3.00 bits per heavy atom. The fourth-order valence-corrected chi connectivity index (χ4v) is 2.89. The number of hydrogen-bond donors (Lipinski definition) is 1. The Morgan fingerprint density at radius 1 is 1.33 bits per heavy atom. The molecule has 112 valence electrons. The lowest BCUT2D eigenvalue weighted by Crippen LogP contribution is -2.29. The van der Waals surface area contributed by atoms with E-state index in [1.54, 1.807) is 0 Å². The average molecular weight is 307 g/mol. The van der Waals surface area contributed by atoms with Crippen LogP contribution in [-0.4, -0.2) is 16.7 Å². The van der Waals surface area contributed by atoms with Crippen LogP contribution in [0.3, 0.4) is 0 Å². The summed E-state index contributed by atoms with van der Waals surface area (Å²) in [5.41, 5.74) is 9.42. The Balaban J connectivity index is 0.00000132. The number of nitrogens with two attached hydrogens (primary N) is 1. The Labute approximate surface area is 129 Å². The van der Waals surface area contributed by atoms with E-state index in [-0.39, 0.29) is 12.4 Å². The predicted molar refractivity (Wildman–Crippen MR) is 83.7 cm³/mol. The maximum atomic E-state index is 6.07. The number of aromatic nitrogens is 2. The van der Waals surface area contributed by atoms with Crippen molar-refractivity contribution >= 4 is 23.8 Å². The summed E-state index contributed by atoms with van der Waals surface area (Å²) in [6.45, 7) is 1.69. The first kappa shape index (κ1) is 14.2. The third kappa shape index (κ3) is 2.70. The zero-order chi connectivity index (χ0) is 13.5. The molecule has 0 spiro atoms. The SMILES string of the molecule is Cl.Nc1cccc2c1CCCN2Cc1nc(C2CC2)no1. The van der Waals surface area contributed by atoms with Crippen molar-refractivity contribution < 1.29 is 4.52 Å². The van der Waals surface area contributed by atoms with Crippen molar-refractivity contribution in [3.63, 3.8) is 0 Å². The van der Waals surface area contributed by atoms with Gasteiger partial charge >= 0.3 is 0 Å². The summed E-state index contributed by atoms with van der Waals surface area (Å²) in [4.78, 5) is 6.80. The van der Waals surface area contributed by atoms with E-state index in [9.17, 15) is 0 Å².